The molecule has 1 aliphatic carbocycles. The molecule has 1 aromatic carbocycles. The third-order valence-electron chi connectivity index (χ3n) is 6.65. The van der Waals surface area contributed by atoms with E-state index in [0.29, 0.717) is 48.1 Å². The second-order valence-electron chi connectivity index (χ2n) is 9.53. The molecular formula is C26H31FN6O3S2. The summed E-state index contributed by atoms with van der Waals surface area (Å²) >= 11 is 1.33. The summed E-state index contributed by atoms with van der Waals surface area (Å²) < 4.78 is 46.3. The van der Waals surface area contributed by atoms with Gasteiger partial charge < -0.3 is 15.0 Å². The molecule has 0 bridgehead atoms. The molecule has 38 heavy (non-hydrogen) atoms. The fourth-order valence-electron chi connectivity index (χ4n) is 4.58. The van der Waals surface area contributed by atoms with Crippen LogP contribution in [0, 0.1) is 5.82 Å². The van der Waals surface area contributed by atoms with Crippen molar-refractivity contribution in [1.82, 2.24) is 9.21 Å². The fraction of sp³-hybridized carbons (Fsp3) is 0.423. The molecule has 0 aromatic heterocycles. The van der Waals surface area contributed by atoms with Crippen LogP contribution in [0.3, 0.4) is 0 Å². The topological polar surface area (TPSA) is 99.0 Å². The summed E-state index contributed by atoms with van der Waals surface area (Å²) in [6.07, 6.45) is 12.5. The van der Waals surface area contributed by atoms with Gasteiger partial charge in [-0.15, -0.1) is 0 Å². The van der Waals surface area contributed by atoms with Crippen LogP contribution < -0.4 is 5.32 Å². The van der Waals surface area contributed by atoms with Crippen molar-refractivity contribution in [1.29, 1.82) is 0 Å². The minimum atomic E-state index is -3.19. The number of hydrogen-bond donors (Lipinski definition) is 1. The molecule has 1 unspecified atom stereocenters. The van der Waals surface area contributed by atoms with E-state index in [0.717, 1.165) is 30.3 Å². The Morgan fingerprint density at radius 2 is 2.03 bits per heavy atom. The lowest BCUT2D eigenvalue weighted by Crippen LogP contribution is -2.40. The largest absolute Gasteiger partial charge is 0.490 e. The van der Waals surface area contributed by atoms with Gasteiger partial charge in [0.1, 0.15) is 29.9 Å². The summed E-state index contributed by atoms with van der Waals surface area (Å²) in [5, 5.41) is 4.07. The zero-order valence-electron chi connectivity index (χ0n) is 21.4. The molecule has 4 aliphatic rings. The molecular weight excluding hydrogens is 527 g/mol. The monoisotopic (exact) mass is 558 g/mol. The summed E-state index contributed by atoms with van der Waals surface area (Å²) in [5.41, 5.74) is 1.38. The van der Waals surface area contributed by atoms with E-state index in [1.165, 1.54) is 34.7 Å². The molecule has 0 radical (unpaired) electrons. The number of hydrogen-bond acceptors (Lipinski definition) is 9. The van der Waals surface area contributed by atoms with E-state index in [4.69, 9.17) is 4.74 Å². The van der Waals surface area contributed by atoms with Crippen molar-refractivity contribution in [3.05, 3.63) is 59.7 Å². The van der Waals surface area contributed by atoms with E-state index in [1.807, 2.05) is 42.3 Å². The number of rotatable bonds is 5. The molecule has 202 valence electrons. The highest BCUT2D eigenvalue weighted by Crippen LogP contribution is 2.29. The Labute approximate surface area is 227 Å². The second kappa shape index (κ2) is 11.4. The van der Waals surface area contributed by atoms with Crippen molar-refractivity contribution in [2.75, 3.05) is 44.8 Å². The smallest absolute Gasteiger partial charge is 0.211 e. The van der Waals surface area contributed by atoms with E-state index < -0.39 is 10.0 Å². The van der Waals surface area contributed by atoms with Gasteiger partial charge in [0.2, 0.25) is 10.0 Å². The quantitative estimate of drug-likeness (QED) is 0.593. The zero-order chi connectivity index (χ0) is 26.7. The standard InChI is InChI=1S/C26H31FN6O3S2/c1-32-12-4-11-28-26(32)37-24-8-7-18(15-22(24)27)31-25-21-16-20(5-3-6-23(21)29-17-30-25)36-19-9-13-33(14-10-19)38(2,34)35/h3,5-8,15-17,19,23H,4,9-14H2,1-2H3,(H,29,30,31). The normalized spacial score (nSPS) is 22.6. The Morgan fingerprint density at radius 3 is 2.76 bits per heavy atom. The number of nitrogens with zero attached hydrogens (tertiary/aromatic N) is 5. The van der Waals surface area contributed by atoms with Crippen LogP contribution in [0.1, 0.15) is 19.3 Å². The third-order valence-corrected chi connectivity index (χ3v) is 9.13. The summed E-state index contributed by atoms with van der Waals surface area (Å²) in [6, 6.07) is 4.79. The number of sulfonamides is 1. The molecule has 5 rings (SSSR count). The molecule has 0 saturated carbocycles. The maximum absolute atomic E-state index is 15.0. The average molecular weight is 559 g/mol. The summed E-state index contributed by atoms with van der Waals surface area (Å²) in [4.78, 5) is 16.0. The fourth-order valence-corrected chi connectivity index (χ4v) is 6.35. The maximum atomic E-state index is 15.0. The number of ether oxygens (including phenoxy) is 1. The lowest BCUT2D eigenvalue weighted by atomic mass is 10.0. The zero-order valence-corrected chi connectivity index (χ0v) is 23.0. The molecule has 3 heterocycles. The molecule has 1 fully saturated rings. The highest BCUT2D eigenvalue weighted by molar-refractivity contribution is 8.13. The van der Waals surface area contributed by atoms with Gasteiger partial charge in [-0.25, -0.2) is 22.1 Å². The Morgan fingerprint density at radius 1 is 1.21 bits per heavy atom. The van der Waals surface area contributed by atoms with Crippen LogP contribution in [0.25, 0.3) is 0 Å². The van der Waals surface area contributed by atoms with Gasteiger partial charge in [0.15, 0.2) is 5.17 Å². The summed E-state index contributed by atoms with van der Waals surface area (Å²) in [6.45, 7) is 2.56. The number of benzene rings is 1. The number of allylic oxidation sites excluding steroid dienone is 3. The molecule has 12 heteroatoms. The van der Waals surface area contributed by atoms with E-state index >= 15 is 4.39 Å². The second-order valence-corrected chi connectivity index (χ2v) is 12.5. The van der Waals surface area contributed by atoms with Crippen LogP contribution in [0.15, 0.2) is 73.7 Å². The number of nitrogens with one attached hydrogen (secondary N) is 1. The Balaban J connectivity index is 1.27. The molecule has 0 amide bonds. The van der Waals surface area contributed by atoms with Gasteiger partial charge in [0, 0.05) is 44.5 Å². The Kier molecular flexibility index (Phi) is 8.01. The van der Waals surface area contributed by atoms with E-state index in [9.17, 15) is 8.42 Å². The molecule has 9 nitrogen and oxygen atoms in total. The molecule has 3 aliphatic heterocycles. The lowest BCUT2D eigenvalue weighted by molar-refractivity contribution is 0.0780. The summed E-state index contributed by atoms with van der Waals surface area (Å²) in [5.74, 6) is 0.884. The van der Waals surface area contributed by atoms with Crippen molar-refractivity contribution in [2.45, 2.75) is 36.3 Å². The van der Waals surface area contributed by atoms with Crippen LogP contribution in [-0.4, -0.2) is 86.6 Å². The van der Waals surface area contributed by atoms with Gasteiger partial charge in [-0.1, -0.05) is 12.2 Å². The van der Waals surface area contributed by atoms with Crippen LogP contribution in [0.5, 0.6) is 0 Å². The van der Waals surface area contributed by atoms with Gasteiger partial charge in [0.25, 0.3) is 0 Å². The predicted molar refractivity (Wildman–Crippen MR) is 151 cm³/mol. The molecule has 1 N–H and O–H groups in total. The van der Waals surface area contributed by atoms with Gasteiger partial charge in [-0.2, -0.15) is 0 Å². The Hall–Kier alpha value is -2.96. The van der Waals surface area contributed by atoms with Crippen molar-refractivity contribution in [2.24, 2.45) is 15.0 Å². The van der Waals surface area contributed by atoms with Gasteiger partial charge in [0.05, 0.1) is 17.2 Å². The average Bonchev–Trinajstić information content (AvgIpc) is 3.09. The summed E-state index contributed by atoms with van der Waals surface area (Å²) in [7, 11) is -1.22. The van der Waals surface area contributed by atoms with E-state index in [1.54, 1.807) is 6.07 Å². The minimum Gasteiger partial charge on any atom is -0.490 e. The van der Waals surface area contributed by atoms with Crippen molar-refractivity contribution in [3.63, 3.8) is 0 Å². The van der Waals surface area contributed by atoms with Crippen molar-refractivity contribution in [3.8, 4) is 0 Å². The number of halogens is 1. The molecule has 0 spiro atoms. The van der Waals surface area contributed by atoms with Crippen LogP contribution in [-0.2, 0) is 14.8 Å². The number of fused-ring (bicyclic) bond motifs is 1. The Bertz CT molecular complexity index is 1360. The van der Waals surface area contributed by atoms with Crippen molar-refractivity contribution < 1.29 is 17.5 Å². The first-order chi connectivity index (χ1) is 18.3. The lowest BCUT2D eigenvalue weighted by Gasteiger charge is -2.30. The molecule has 1 saturated heterocycles. The number of thioether (sulfide) groups is 1. The van der Waals surface area contributed by atoms with Crippen LogP contribution in [0.2, 0.25) is 0 Å². The maximum Gasteiger partial charge on any atom is 0.211 e. The van der Waals surface area contributed by atoms with Gasteiger partial charge in [-0.05, 0) is 61.4 Å². The number of amidine groups is 2. The predicted octanol–water partition coefficient (Wildman–Crippen LogP) is 3.65. The minimum absolute atomic E-state index is 0.0894. The number of piperidine rings is 1. The van der Waals surface area contributed by atoms with Gasteiger partial charge in [-0.3, -0.25) is 9.98 Å². The number of anilines is 1. The van der Waals surface area contributed by atoms with Crippen molar-refractivity contribution >= 4 is 44.8 Å². The van der Waals surface area contributed by atoms with Crippen LogP contribution in [0.4, 0.5) is 10.1 Å². The third kappa shape index (κ3) is 6.36. The highest BCUT2D eigenvalue weighted by Gasteiger charge is 2.27. The SMILES string of the molecule is CN1CCCN=C1Sc1ccc(NC2=NC=NC3C=CC=C(OC4CCN(S(C)(=O)=O)CC4)C=C23)cc1F. The number of aliphatic imine (C=N–C) groups is 3. The van der Waals surface area contributed by atoms with Crippen LogP contribution >= 0.6 is 11.8 Å². The first-order valence-corrected chi connectivity index (χ1v) is 15.2. The first-order valence-electron chi connectivity index (χ1n) is 12.6. The molecule has 1 atom stereocenters. The molecule has 1 aromatic rings. The first kappa shape index (κ1) is 26.6. The van der Waals surface area contributed by atoms with Gasteiger partial charge >= 0.3 is 0 Å². The highest BCUT2D eigenvalue weighted by atomic mass is 32.2. The van der Waals surface area contributed by atoms with E-state index in [2.05, 4.69) is 20.3 Å². The van der Waals surface area contributed by atoms with E-state index in [-0.39, 0.29) is 18.0 Å².